The summed E-state index contributed by atoms with van der Waals surface area (Å²) in [6.45, 7) is 2.60. The topological polar surface area (TPSA) is 42.4 Å². The van der Waals surface area contributed by atoms with Crippen molar-refractivity contribution in [3.63, 3.8) is 0 Å². The number of nitrogens with zero attached hydrogens (tertiary/aromatic N) is 2. The van der Waals surface area contributed by atoms with Crippen molar-refractivity contribution in [3.8, 4) is 5.75 Å². The average Bonchev–Trinajstić information content (AvgIpc) is 3.24. The summed E-state index contributed by atoms with van der Waals surface area (Å²) < 4.78 is 6.59. The van der Waals surface area contributed by atoms with Crippen LogP contribution >= 0.6 is 34.4 Å². The Morgan fingerprint density at radius 2 is 2.30 bits per heavy atom. The van der Waals surface area contributed by atoms with Crippen molar-refractivity contribution in [1.29, 1.82) is 0 Å². The number of hydrogen-bond acceptors (Lipinski definition) is 6. The molecule has 3 aromatic rings. The number of carbonyl (C=O) groups excluding carboxylic acids is 1. The molecule has 1 aliphatic rings. The highest BCUT2D eigenvalue weighted by Gasteiger charge is 2.36. The summed E-state index contributed by atoms with van der Waals surface area (Å²) in [6, 6.07) is 9.97. The van der Waals surface area contributed by atoms with Gasteiger partial charge in [-0.05, 0) is 36.6 Å². The highest BCUT2D eigenvalue weighted by Crippen LogP contribution is 2.45. The van der Waals surface area contributed by atoms with E-state index in [9.17, 15) is 4.79 Å². The minimum atomic E-state index is 0.0365. The summed E-state index contributed by atoms with van der Waals surface area (Å²) >= 11 is 4.88. The van der Waals surface area contributed by atoms with Crippen LogP contribution in [0.15, 0.2) is 35.7 Å². The molecule has 23 heavy (non-hydrogen) atoms. The number of carbonyl (C=O) groups is 1. The van der Waals surface area contributed by atoms with E-state index in [1.54, 1.807) is 34.4 Å². The van der Waals surface area contributed by atoms with Gasteiger partial charge >= 0.3 is 0 Å². The van der Waals surface area contributed by atoms with E-state index in [0.717, 1.165) is 21.1 Å². The molecule has 7 heteroatoms. The summed E-state index contributed by atoms with van der Waals surface area (Å²) in [6.07, 6.45) is 0. The molecule has 0 radical (unpaired) electrons. The highest BCUT2D eigenvalue weighted by atomic mass is 32.2. The number of hydrogen-bond donors (Lipinski definition) is 0. The minimum Gasteiger partial charge on any atom is -0.494 e. The Kier molecular flexibility index (Phi) is 4.00. The van der Waals surface area contributed by atoms with Gasteiger partial charge in [-0.15, -0.1) is 23.1 Å². The van der Waals surface area contributed by atoms with Crippen LogP contribution in [0.1, 0.15) is 17.2 Å². The van der Waals surface area contributed by atoms with Gasteiger partial charge in [0.15, 0.2) is 5.13 Å². The van der Waals surface area contributed by atoms with Crippen LogP contribution in [-0.2, 0) is 4.79 Å². The molecule has 118 valence electrons. The number of rotatable bonds is 4. The monoisotopic (exact) mass is 362 g/mol. The predicted octanol–water partition coefficient (Wildman–Crippen LogP) is 4.54. The molecule has 1 fully saturated rings. The van der Waals surface area contributed by atoms with Crippen LogP contribution in [0.25, 0.3) is 10.2 Å². The van der Waals surface area contributed by atoms with Gasteiger partial charge in [0.1, 0.15) is 11.1 Å². The van der Waals surface area contributed by atoms with Crippen LogP contribution in [0, 0.1) is 0 Å². The van der Waals surface area contributed by atoms with E-state index in [0.29, 0.717) is 12.4 Å². The van der Waals surface area contributed by atoms with Crippen molar-refractivity contribution >= 4 is 55.7 Å². The van der Waals surface area contributed by atoms with E-state index in [2.05, 4.69) is 11.1 Å². The van der Waals surface area contributed by atoms with Gasteiger partial charge in [0.05, 0.1) is 22.6 Å². The van der Waals surface area contributed by atoms with Crippen LogP contribution in [0.4, 0.5) is 5.13 Å². The number of benzene rings is 1. The zero-order valence-electron chi connectivity index (χ0n) is 12.4. The fourth-order valence-corrected chi connectivity index (χ4v) is 5.74. The molecule has 0 bridgehead atoms. The zero-order valence-corrected chi connectivity index (χ0v) is 14.8. The SMILES string of the molecule is CCOc1ccc2nc(N3C(=O)CSC3c3cccs3)sc2c1. The molecular weight excluding hydrogens is 348 g/mol. The molecule has 0 N–H and O–H groups in total. The lowest BCUT2D eigenvalue weighted by atomic mass is 10.3. The van der Waals surface area contributed by atoms with Gasteiger partial charge in [-0.3, -0.25) is 9.69 Å². The Hall–Kier alpha value is -1.57. The maximum Gasteiger partial charge on any atom is 0.240 e. The molecule has 4 nitrogen and oxygen atoms in total. The van der Waals surface area contributed by atoms with Crippen molar-refractivity contribution in [2.24, 2.45) is 0 Å². The number of ether oxygens (including phenoxy) is 1. The third-order valence-electron chi connectivity index (χ3n) is 3.52. The maximum absolute atomic E-state index is 12.4. The first-order valence-electron chi connectivity index (χ1n) is 7.26. The largest absolute Gasteiger partial charge is 0.494 e. The van der Waals surface area contributed by atoms with E-state index in [1.165, 1.54) is 4.88 Å². The van der Waals surface area contributed by atoms with Gasteiger partial charge < -0.3 is 4.74 Å². The molecule has 0 aliphatic carbocycles. The molecule has 1 saturated heterocycles. The molecule has 1 unspecified atom stereocenters. The van der Waals surface area contributed by atoms with E-state index in [1.807, 2.05) is 41.5 Å². The predicted molar refractivity (Wildman–Crippen MR) is 97.8 cm³/mol. The summed E-state index contributed by atoms with van der Waals surface area (Å²) in [5.74, 6) is 1.47. The van der Waals surface area contributed by atoms with E-state index >= 15 is 0 Å². The summed E-state index contributed by atoms with van der Waals surface area (Å²) in [5.41, 5.74) is 0.906. The number of thioether (sulfide) groups is 1. The lowest BCUT2D eigenvalue weighted by molar-refractivity contribution is -0.115. The molecule has 2 aromatic heterocycles. The van der Waals surface area contributed by atoms with Gasteiger partial charge in [0.2, 0.25) is 5.91 Å². The second-order valence-corrected chi connectivity index (χ2v) is 8.06. The number of amides is 1. The second-order valence-electron chi connectivity index (χ2n) is 5.00. The third-order valence-corrected chi connectivity index (χ3v) is 6.81. The van der Waals surface area contributed by atoms with Gasteiger partial charge in [0.25, 0.3) is 0 Å². The Morgan fingerprint density at radius 3 is 3.09 bits per heavy atom. The van der Waals surface area contributed by atoms with Crippen LogP contribution in [-0.4, -0.2) is 23.3 Å². The molecule has 1 aromatic carbocycles. The molecule has 3 heterocycles. The number of thiophene rings is 1. The fraction of sp³-hybridized carbons (Fsp3) is 0.250. The third kappa shape index (κ3) is 2.73. The normalized spacial score (nSPS) is 18.0. The molecule has 1 atom stereocenters. The smallest absolute Gasteiger partial charge is 0.240 e. The van der Waals surface area contributed by atoms with Crippen molar-refractivity contribution in [2.45, 2.75) is 12.3 Å². The van der Waals surface area contributed by atoms with Crippen LogP contribution in [0.5, 0.6) is 5.75 Å². The lowest BCUT2D eigenvalue weighted by Gasteiger charge is -2.19. The van der Waals surface area contributed by atoms with Crippen molar-refractivity contribution in [1.82, 2.24) is 4.98 Å². The zero-order chi connectivity index (χ0) is 15.8. The fourth-order valence-electron chi connectivity index (χ4n) is 2.53. The second kappa shape index (κ2) is 6.14. The van der Waals surface area contributed by atoms with E-state index < -0.39 is 0 Å². The Morgan fingerprint density at radius 1 is 1.39 bits per heavy atom. The summed E-state index contributed by atoms with van der Waals surface area (Å²) in [4.78, 5) is 20.1. The van der Waals surface area contributed by atoms with E-state index in [4.69, 9.17) is 4.74 Å². The van der Waals surface area contributed by atoms with Gasteiger partial charge in [-0.2, -0.15) is 0 Å². The number of aromatic nitrogens is 1. The lowest BCUT2D eigenvalue weighted by Crippen LogP contribution is -2.27. The first-order chi connectivity index (χ1) is 11.3. The maximum atomic E-state index is 12.4. The molecule has 0 saturated carbocycles. The Bertz CT molecular complexity index is 844. The molecule has 4 rings (SSSR count). The van der Waals surface area contributed by atoms with Gasteiger partial charge in [-0.1, -0.05) is 17.4 Å². The summed E-state index contributed by atoms with van der Waals surface area (Å²) in [7, 11) is 0. The molecule has 0 spiro atoms. The van der Waals surface area contributed by atoms with Crippen molar-refractivity contribution in [2.75, 3.05) is 17.3 Å². The first-order valence-corrected chi connectivity index (χ1v) is 10.0. The minimum absolute atomic E-state index is 0.0365. The highest BCUT2D eigenvalue weighted by molar-refractivity contribution is 8.01. The van der Waals surface area contributed by atoms with Crippen LogP contribution < -0.4 is 9.64 Å². The molecular formula is C16H14N2O2S3. The standard InChI is InChI=1S/C16H14N2O2S3/c1-2-20-10-5-6-11-13(8-10)23-16(17-11)18-14(19)9-22-15(18)12-4-3-7-21-12/h3-8,15H,2,9H2,1H3. The van der Waals surface area contributed by atoms with Crippen molar-refractivity contribution in [3.05, 3.63) is 40.6 Å². The van der Waals surface area contributed by atoms with E-state index in [-0.39, 0.29) is 11.3 Å². The van der Waals surface area contributed by atoms with Crippen molar-refractivity contribution < 1.29 is 9.53 Å². The summed E-state index contributed by atoms with van der Waals surface area (Å²) in [5, 5.41) is 2.85. The number of anilines is 1. The molecule has 1 amide bonds. The van der Waals surface area contributed by atoms with Gasteiger partial charge in [0, 0.05) is 4.88 Å². The van der Waals surface area contributed by atoms with Gasteiger partial charge in [-0.25, -0.2) is 4.98 Å². The Labute approximate surface area is 146 Å². The van der Waals surface area contributed by atoms with Crippen LogP contribution in [0.3, 0.4) is 0 Å². The molecule has 1 aliphatic heterocycles. The van der Waals surface area contributed by atoms with Crippen LogP contribution in [0.2, 0.25) is 0 Å². The Balaban J connectivity index is 1.73. The number of fused-ring (bicyclic) bond motifs is 1. The first kappa shape index (κ1) is 15.0. The average molecular weight is 363 g/mol. The number of thiazole rings is 1. The quantitative estimate of drug-likeness (QED) is 0.684.